The molecule has 1 rings (SSSR count). The summed E-state index contributed by atoms with van der Waals surface area (Å²) >= 11 is 0. The monoisotopic (exact) mass is 260 g/mol. The molecule has 0 radical (unpaired) electrons. The Kier molecular flexibility index (Phi) is 6.30. The van der Waals surface area contributed by atoms with Gasteiger partial charge in [-0.05, 0) is 12.0 Å². The van der Waals surface area contributed by atoms with Crippen LogP contribution in [0.3, 0.4) is 0 Å². The zero-order valence-electron chi connectivity index (χ0n) is 11.9. The Hall–Kier alpha value is -1.61. The van der Waals surface area contributed by atoms with Gasteiger partial charge in [-0.15, -0.1) is 6.58 Å². The van der Waals surface area contributed by atoms with Crippen LogP contribution in [-0.2, 0) is 4.79 Å². The normalized spacial score (nSPS) is 13.6. The van der Waals surface area contributed by atoms with Crippen LogP contribution in [0.5, 0.6) is 0 Å². The summed E-state index contributed by atoms with van der Waals surface area (Å²) in [6, 6.07) is 9.50. The number of hydrogen-bond donors (Lipinski definition) is 1. The standard InChI is InChI=1S/C16H24N2O/c1-4-11-18(12-5-2)16(19)13(3)15(17)14-9-7-6-8-10-14/h4,6-10,13,15H,1,5,11-12,17H2,2-3H3. The van der Waals surface area contributed by atoms with Gasteiger partial charge in [0.05, 0.1) is 5.92 Å². The van der Waals surface area contributed by atoms with Gasteiger partial charge in [0.15, 0.2) is 0 Å². The predicted octanol–water partition coefficient (Wildman–Crippen LogP) is 2.75. The van der Waals surface area contributed by atoms with Crippen molar-refractivity contribution in [3.63, 3.8) is 0 Å². The van der Waals surface area contributed by atoms with Crippen molar-refractivity contribution in [1.82, 2.24) is 4.90 Å². The zero-order chi connectivity index (χ0) is 14.3. The van der Waals surface area contributed by atoms with E-state index in [1.807, 2.05) is 42.2 Å². The average molecular weight is 260 g/mol. The maximum absolute atomic E-state index is 12.4. The van der Waals surface area contributed by atoms with Gasteiger partial charge in [0, 0.05) is 19.1 Å². The number of carbonyl (C=O) groups is 1. The third-order valence-electron chi connectivity index (χ3n) is 3.27. The molecule has 104 valence electrons. The average Bonchev–Trinajstić information content (AvgIpc) is 2.45. The van der Waals surface area contributed by atoms with E-state index in [-0.39, 0.29) is 17.9 Å². The van der Waals surface area contributed by atoms with Gasteiger partial charge >= 0.3 is 0 Å². The summed E-state index contributed by atoms with van der Waals surface area (Å²) in [5.74, 6) is -0.132. The van der Waals surface area contributed by atoms with E-state index in [1.165, 1.54) is 0 Å². The smallest absolute Gasteiger partial charge is 0.227 e. The number of nitrogens with two attached hydrogens (primary N) is 1. The Morgan fingerprint density at radius 3 is 2.58 bits per heavy atom. The first-order chi connectivity index (χ1) is 9.11. The Balaban J connectivity index is 2.77. The lowest BCUT2D eigenvalue weighted by atomic mass is 9.94. The predicted molar refractivity (Wildman–Crippen MR) is 79.6 cm³/mol. The second kappa shape index (κ2) is 7.74. The maximum atomic E-state index is 12.4. The molecule has 0 fully saturated rings. The highest BCUT2D eigenvalue weighted by molar-refractivity contribution is 5.79. The molecule has 0 spiro atoms. The van der Waals surface area contributed by atoms with Gasteiger partial charge < -0.3 is 10.6 Å². The molecule has 0 aliphatic carbocycles. The molecular formula is C16H24N2O. The number of benzene rings is 1. The van der Waals surface area contributed by atoms with Gasteiger partial charge in [-0.2, -0.15) is 0 Å². The van der Waals surface area contributed by atoms with Gasteiger partial charge in [-0.25, -0.2) is 0 Å². The van der Waals surface area contributed by atoms with Crippen molar-refractivity contribution in [1.29, 1.82) is 0 Å². The Morgan fingerprint density at radius 1 is 1.42 bits per heavy atom. The molecule has 0 saturated carbocycles. The third-order valence-corrected chi connectivity index (χ3v) is 3.27. The van der Waals surface area contributed by atoms with Crippen LogP contribution in [0.25, 0.3) is 0 Å². The molecular weight excluding hydrogens is 236 g/mol. The minimum absolute atomic E-state index is 0.0955. The molecule has 0 aliphatic heterocycles. The lowest BCUT2D eigenvalue weighted by molar-refractivity contribution is -0.135. The summed E-state index contributed by atoms with van der Waals surface area (Å²) < 4.78 is 0. The molecule has 0 bridgehead atoms. The molecule has 0 aromatic heterocycles. The van der Waals surface area contributed by atoms with E-state index >= 15 is 0 Å². The fourth-order valence-corrected chi connectivity index (χ4v) is 2.12. The Morgan fingerprint density at radius 2 is 2.05 bits per heavy atom. The summed E-state index contributed by atoms with van der Waals surface area (Å²) in [6.45, 7) is 8.99. The van der Waals surface area contributed by atoms with Crippen LogP contribution in [0.1, 0.15) is 31.9 Å². The molecule has 1 aromatic rings. The number of nitrogens with zero attached hydrogens (tertiary/aromatic N) is 1. The van der Waals surface area contributed by atoms with Crippen LogP contribution in [-0.4, -0.2) is 23.9 Å². The van der Waals surface area contributed by atoms with Crippen LogP contribution in [0.15, 0.2) is 43.0 Å². The first-order valence-corrected chi connectivity index (χ1v) is 6.82. The fourth-order valence-electron chi connectivity index (χ4n) is 2.12. The van der Waals surface area contributed by atoms with Crippen molar-refractivity contribution in [3.8, 4) is 0 Å². The largest absolute Gasteiger partial charge is 0.339 e. The van der Waals surface area contributed by atoms with E-state index in [0.717, 1.165) is 18.5 Å². The fraction of sp³-hybridized carbons (Fsp3) is 0.438. The van der Waals surface area contributed by atoms with Crippen molar-refractivity contribution in [2.75, 3.05) is 13.1 Å². The molecule has 0 aliphatic rings. The summed E-state index contributed by atoms with van der Waals surface area (Å²) in [7, 11) is 0. The molecule has 2 unspecified atom stereocenters. The van der Waals surface area contributed by atoms with Crippen molar-refractivity contribution in [2.45, 2.75) is 26.3 Å². The van der Waals surface area contributed by atoms with Crippen LogP contribution in [0.2, 0.25) is 0 Å². The molecule has 1 aromatic carbocycles. The second-order valence-electron chi connectivity index (χ2n) is 4.80. The van der Waals surface area contributed by atoms with E-state index < -0.39 is 0 Å². The highest BCUT2D eigenvalue weighted by Crippen LogP contribution is 2.21. The number of carbonyl (C=O) groups excluding carboxylic acids is 1. The Labute approximate surface area is 116 Å². The van der Waals surface area contributed by atoms with Crippen molar-refractivity contribution in [3.05, 3.63) is 48.6 Å². The lowest BCUT2D eigenvalue weighted by Gasteiger charge is -2.27. The van der Waals surface area contributed by atoms with Gasteiger partial charge in [-0.1, -0.05) is 50.3 Å². The quantitative estimate of drug-likeness (QED) is 0.766. The van der Waals surface area contributed by atoms with E-state index in [0.29, 0.717) is 6.54 Å². The molecule has 0 saturated heterocycles. The maximum Gasteiger partial charge on any atom is 0.227 e. The Bertz CT molecular complexity index is 402. The molecule has 3 heteroatoms. The first-order valence-electron chi connectivity index (χ1n) is 6.82. The number of rotatable bonds is 7. The van der Waals surface area contributed by atoms with E-state index in [2.05, 4.69) is 13.5 Å². The van der Waals surface area contributed by atoms with E-state index in [9.17, 15) is 4.79 Å². The van der Waals surface area contributed by atoms with Gasteiger partial charge in [0.2, 0.25) is 5.91 Å². The second-order valence-corrected chi connectivity index (χ2v) is 4.80. The number of hydrogen-bond acceptors (Lipinski definition) is 2. The molecule has 0 heterocycles. The van der Waals surface area contributed by atoms with Crippen molar-refractivity contribution < 1.29 is 4.79 Å². The third kappa shape index (κ3) is 4.21. The minimum Gasteiger partial charge on any atom is -0.339 e. The van der Waals surface area contributed by atoms with Crippen molar-refractivity contribution in [2.24, 2.45) is 11.7 Å². The van der Waals surface area contributed by atoms with Gasteiger partial charge in [0.1, 0.15) is 0 Å². The van der Waals surface area contributed by atoms with Crippen molar-refractivity contribution >= 4 is 5.91 Å². The van der Waals surface area contributed by atoms with Crippen LogP contribution in [0, 0.1) is 5.92 Å². The van der Waals surface area contributed by atoms with Gasteiger partial charge in [-0.3, -0.25) is 4.79 Å². The highest BCUT2D eigenvalue weighted by atomic mass is 16.2. The molecule has 2 N–H and O–H groups in total. The summed E-state index contributed by atoms with van der Waals surface area (Å²) in [5, 5.41) is 0. The molecule has 19 heavy (non-hydrogen) atoms. The van der Waals surface area contributed by atoms with Crippen LogP contribution < -0.4 is 5.73 Å². The summed E-state index contributed by atoms with van der Waals surface area (Å²) in [5.41, 5.74) is 7.19. The summed E-state index contributed by atoms with van der Waals surface area (Å²) in [4.78, 5) is 14.3. The molecule has 2 atom stereocenters. The summed E-state index contributed by atoms with van der Waals surface area (Å²) in [6.07, 6.45) is 2.70. The number of amides is 1. The van der Waals surface area contributed by atoms with Crippen LogP contribution in [0.4, 0.5) is 0 Å². The highest BCUT2D eigenvalue weighted by Gasteiger charge is 2.25. The van der Waals surface area contributed by atoms with Crippen LogP contribution >= 0.6 is 0 Å². The van der Waals surface area contributed by atoms with Gasteiger partial charge in [0.25, 0.3) is 0 Å². The van der Waals surface area contributed by atoms with E-state index in [1.54, 1.807) is 6.08 Å². The SMILES string of the molecule is C=CCN(CCC)C(=O)C(C)C(N)c1ccccc1. The lowest BCUT2D eigenvalue weighted by Crippen LogP contribution is -2.39. The minimum atomic E-state index is -0.266. The zero-order valence-corrected chi connectivity index (χ0v) is 11.9. The first kappa shape index (κ1) is 15.4. The topological polar surface area (TPSA) is 46.3 Å². The molecule has 1 amide bonds. The molecule has 3 nitrogen and oxygen atoms in total. The van der Waals surface area contributed by atoms with E-state index in [4.69, 9.17) is 5.73 Å².